The van der Waals surface area contributed by atoms with Crippen LogP contribution in [0.1, 0.15) is 20.9 Å². The highest BCUT2D eigenvalue weighted by Crippen LogP contribution is 2.13. The quantitative estimate of drug-likeness (QED) is 0.815. The molecule has 17 heavy (non-hydrogen) atoms. The van der Waals surface area contributed by atoms with E-state index in [1.165, 1.54) is 11.3 Å². The summed E-state index contributed by atoms with van der Waals surface area (Å²) in [5.41, 5.74) is 7.94. The maximum atomic E-state index is 11.8. The number of nitrogens with two attached hydrogens (primary N) is 1. The van der Waals surface area contributed by atoms with Crippen molar-refractivity contribution >= 4 is 22.9 Å². The molecule has 0 saturated heterocycles. The predicted molar refractivity (Wildman–Crippen MR) is 68.9 cm³/mol. The fourth-order valence-electron chi connectivity index (χ4n) is 1.38. The number of rotatable bonds is 3. The summed E-state index contributed by atoms with van der Waals surface area (Å²) in [4.78, 5) is 15.9. The van der Waals surface area contributed by atoms with E-state index in [-0.39, 0.29) is 5.91 Å². The second kappa shape index (κ2) is 4.97. The van der Waals surface area contributed by atoms with Crippen LogP contribution in [0.3, 0.4) is 0 Å². The number of aromatic nitrogens is 1. The number of hydrogen-bond donors (Lipinski definition) is 2. The molecule has 1 aromatic heterocycles. The van der Waals surface area contributed by atoms with E-state index in [9.17, 15) is 4.79 Å². The lowest BCUT2D eigenvalue weighted by Crippen LogP contribution is -2.22. The normalized spacial score (nSPS) is 10.2. The van der Waals surface area contributed by atoms with E-state index < -0.39 is 0 Å². The minimum Gasteiger partial charge on any atom is -0.398 e. The third-order valence-electron chi connectivity index (χ3n) is 2.43. The fourth-order valence-corrected chi connectivity index (χ4v) is 1.94. The van der Waals surface area contributed by atoms with Gasteiger partial charge in [0.1, 0.15) is 5.01 Å². The molecule has 2 aromatic rings. The zero-order valence-corrected chi connectivity index (χ0v) is 10.3. The molecule has 0 fully saturated rings. The first kappa shape index (κ1) is 11.6. The first-order valence-electron chi connectivity index (χ1n) is 5.19. The van der Waals surface area contributed by atoms with E-state index in [0.717, 1.165) is 10.6 Å². The second-order valence-corrected chi connectivity index (χ2v) is 4.66. The van der Waals surface area contributed by atoms with Crippen molar-refractivity contribution in [2.75, 3.05) is 5.73 Å². The number of hydrogen-bond acceptors (Lipinski definition) is 4. The Morgan fingerprint density at radius 2 is 2.35 bits per heavy atom. The lowest BCUT2D eigenvalue weighted by atomic mass is 10.1. The molecule has 88 valence electrons. The molecule has 0 spiro atoms. The van der Waals surface area contributed by atoms with E-state index in [1.807, 2.05) is 18.4 Å². The molecule has 0 radical (unpaired) electrons. The Morgan fingerprint density at radius 3 is 3.00 bits per heavy atom. The van der Waals surface area contributed by atoms with E-state index in [2.05, 4.69) is 10.3 Å². The fraction of sp³-hybridized carbons (Fsp3) is 0.167. The summed E-state index contributed by atoms with van der Waals surface area (Å²) in [5.74, 6) is -0.132. The van der Waals surface area contributed by atoms with Gasteiger partial charge in [-0.1, -0.05) is 6.07 Å². The lowest BCUT2D eigenvalue weighted by Gasteiger charge is -2.05. The smallest absolute Gasteiger partial charge is 0.251 e. The van der Waals surface area contributed by atoms with Gasteiger partial charge in [0.15, 0.2) is 0 Å². The number of amides is 1. The maximum absolute atomic E-state index is 11.8. The zero-order valence-electron chi connectivity index (χ0n) is 9.43. The molecule has 0 aliphatic rings. The molecule has 0 atom stereocenters. The Kier molecular flexibility index (Phi) is 3.39. The van der Waals surface area contributed by atoms with Crippen molar-refractivity contribution in [2.24, 2.45) is 0 Å². The Labute approximate surface area is 103 Å². The molecule has 0 saturated carbocycles. The average Bonchev–Trinajstić information content (AvgIpc) is 2.82. The number of carbonyl (C=O) groups is 1. The number of nitrogen functional groups attached to an aromatic ring is 1. The topological polar surface area (TPSA) is 68.0 Å². The van der Waals surface area contributed by atoms with Gasteiger partial charge in [0.2, 0.25) is 0 Å². The molecule has 1 amide bonds. The van der Waals surface area contributed by atoms with Crippen LogP contribution in [0.25, 0.3) is 0 Å². The summed E-state index contributed by atoms with van der Waals surface area (Å²) in [6.45, 7) is 2.36. The summed E-state index contributed by atoms with van der Waals surface area (Å²) in [7, 11) is 0. The minimum absolute atomic E-state index is 0.132. The molecule has 4 nitrogen and oxygen atoms in total. The predicted octanol–water partition coefficient (Wildman–Crippen LogP) is 1.96. The third kappa shape index (κ3) is 2.82. The molecule has 0 bridgehead atoms. The van der Waals surface area contributed by atoms with Crippen LogP contribution in [0.4, 0.5) is 5.69 Å². The van der Waals surface area contributed by atoms with Gasteiger partial charge in [-0.15, -0.1) is 11.3 Å². The van der Waals surface area contributed by atoms with Gasteiger partial charge in [0.25, 0.3) is 5.91 Å². The molecular weight excluding hydrogens is 234 g/mol. The van der Waals surface area contributed by atoms with Gasteiger partial charge in [-0.3, -0.25) is 4.79 Å². The highest BCUT2D eigenvalue weighted by molar-refractivity contribution is 7.09. The van der Waals surface area contributed by atoms with Crippen molar-refractivity contribution in [3.63, 3.8) is 0 Å². The molecule has 0 aliphatic heterocycles. The highest BCUT2D eigenvalue weighted by Gasteiger charge is 2.07. The summed E-state index contributed by atoms with van der Waals surface area (Å²) in [5, 5.41) is 5.57. The highest BCUT2D eigenvalue weighted by atomic mass is 32.1. The second-order valence-electron chi connectivity index (χ2n) is 3.68. The van der Waals surface area contributed by atoms with Gasteiger partial charge in [-0.05, 0) is 24.6 Å². The van der Waals surface area contributed by atoms with Crippen molar-refractivity contribution in [1.82, 2.24) is 10.3 Å². The number of carbonyl (C=O) groups excluding carboxylic acids is 1. The first-order chi connectivity index (χ1) is 8.16. The molecular formula is C12H13N3OS. The van der Waals surface area contributed by atoms with Gasteiger partial charge >= 0.3 is 0 Å². The van der Waals surface area contributed by atoms with Crippen molar-refractivity contribution < 1.29 is 4.79 Å². The molecule has 1 heterocycles. The summed E-state index contributed by atoms with van der Waals surface area (Å²) in [6, 6.07) is 5.29. The van der Waals surface area contributed by atoms with Gasteiger partial charge in [0.05, 0.1) is 6.54 Å². The largest absolute Gasteiger partial charge is 0.398 e. The number of aryl methyl sites for hydroxylation is 1. The van der Waals surface area contributed by atoms with Crippen LogP contribution < -0.4 is 11.1 Å². The molecule has 0 aliphatic carbocycles. The third-order valence-corrected chi connectivity index (χ3v) is 3.20. The average molecular weight is 247 g/mol. The molecule has 1 aromatic carbocycles. The Bertz CT molecular complexity index is 523. The number of benzene rings is 1. The van der Waals surface area contributed by atoms with Crippen LogP contribution in [0.2, 0.25) is 0 Å². The zero-order chi connectivity index (χ0) is 12.3. The maximum Gasteiger partial charge on any atom is 0.251 e. The standard InChI is InChI=1S/C12H13N3OS/c1-8-2-3-9(6-10(8)13)12(16)15-7-11-14-4-5-17-11/h2-6H,7,13H2,1H3,(H,15,16). The molecule has 5 heteroatoms. The first-order valence-corrected chi connectivity index (χ1v) is 6.07. The van der Waals surface area contributed by atoms with E-state index in [1.54, 1.807) is 18.3 Å². The number of thiazole rings is 1. The van der Waals surface area contributed by atoms with Gasteiger partial charge < -0.3 is 11.1 Å². The van der Waals surface area contributed by atoms with Crippen LogP contribution >= 0.6 is 11.3 Å². The van der Waals surface area contributed by atoms with Crippen molar-refractivity contribution in [3.8, 4) is 0 Å². The molecule has 3 N–H and O–H groups in total. The number of nitrogens with one attached hydrogen (secondary N) is 1. The monoisotopic (exact) mass is 247 g/mol. The van der Waals surface area contributed by atoms with Crippen LogP contribution in [0.15, 0.2) is 29.8 Å². The van der Waals surface area contributed by atoms with Gasteiger partial charge in [-0.2, -0.15) is 0 Å². The van der Waals surface area contributed by atoms with Crippen molar-refractivity contribution in [2.45, 2.75) is 13.5 Å². The molecule has 2 rings (SSSR count). The number of nitrogens with zero attached hydrogens (tertiary/aromatic N) is 1. The summed E-state index contributed by atoms with van der Waals surface area (Å²) < 4.78 is 0. The summed E-state index contributed by atoms with van der Waals surface area (Å²) >= 11 is 1.52. The summed E-state index contributed by atoms with van der Waals surface area (Å²) in [6.07, 6.45) is 1.72. The van der Waals surface area contributed by atoms with Crippen molar-refractivity contribution in [3.05, 3.63) is 45.9 Å². The molecule has 0 unspecified atom stereocenters. The van der Waals surface area contributed by atoms with Crippen LogP contribution in [-0.4, -0.2) is 10.9 Å². The van der Waals surface area contributed by atoms with E-state index in [4.69, 9.17) is 5.73 Å². The van der Waals surface area contributed by atoms with E-state index >= 15 is 0 Å². The van der Waals surface area contributed by atoms with Gasteiger partial charge in [0, 0.05) is 22.8 Å². The van der Waals surface area contributed by atoms with E-state index in [0.29, 0.717) is 17.8 Å². The number of anilines is 1. The Hall–Kier alpha value is -1.88. The van der Waals surface area contributed by atoms with Crippen LogP contribution in [0, 0.1) is 6.92 Å². The minimum atomic E-state index is -0.132. The van der Waals surface area contributed by atoms with Crippen LogP contribution in [0.5, 0.6) is 0 Å². The van der Waals surface area contributed by atoms with Crippen LogP contribution in [-0.2, 0) is 6.54 Å². The van der Waals surface area contributed by atoms with Crippen molar-refractivity contribution in [1.29, 1.82) is 0 Å². The Morgan fingerprint density at radius 1 is 1.53 bits per heavy atom. The lowest BCUT2D eigenvalue weighted by molar-refractivity contribution is 0.0951. The Balaban J connectivity index is 2.02. The SMILES string of the molecule is Cc1ccc(C(=O)NCc2nccs2)cc1N. The van der Waals surface area contributed by atoms with Gasteiger partial charge in [-0.25, -0.2) is 4.98 Å².